The molecule has 1 fully saturated rings. The van der Waals surface area contributed by atoms with Crippen molar-refractivity contribution in [2.45, 2.75) is 58.2 Å². The largest absolute Gasteiger partial charge is 0.383 e. The first-order chi connectivity index (χ1) is 13.5. The van der Waals surface area contributed by atoms with E-state index in [1.807, 2.05) is 18.0 Å². The third kappa shape index (κ3) is 5.05. The van der Waals surface area contributed by atoms with Crippen molar-refractivity contribution in [3.63, 3.8) is 0 Å². The Morgan fingerprint density at radius 3 is 2.93 bits per heavy atom. The average molecular weight is 390 g/mol. The van der Waals surface area contributed by atoms with Crippen molar-refractivity contribution < 1.29 is 14.3 Å². The van der Waals surface area contributed by atoms with Crippen molar-refractivity contribution in [2.24, 2.45) is 0 Å². The minimum absolute atomic E-state index is 0.000170. The molecule has 1 N–H and O–H groups in total. The van der Waals surface area contributed by atoms with Gasteiger partial charge in [0.05, 0.1) is 19.2 Å². The van der Waals surface area contributed by atoms with Gasteiger partial charge < -0.3 is 15.0 Å². The maximum absolute atomic E-state index is 12.2. The summed E-state index contributed by atoms with van der Waals surface area (Å²) in [5.41, 5.74) is 2.11. The first-order valence-electron chi connectivity index (χ1n) is 10.1. The molecule has 3 rings (SSSR count). The summed E-state index contributed by atoms with van der Waals surface area (Å²) in [4.78, 5) is 37.5. The fourth-order valence-corrected chi connectivity index (χ4v) is 4.08. The highest BCUT2D eigenvalue weighted by Crippen LogP contribution is 2.29. The minimum atomic E-state index is -0.0115. The number of piperidine rings is 1. The Morgan fingerprint density at radius 2 is 2.18 bits per heavy atom. The van der Waals surface area contributed by atoms with Crippen molar-refractivity contribution in [3.8, 4) is 0 Å². The molecule has 2 atom stereocenters. The van der Waals surface area contributed by atoms with Crippen molar-refractivity contribution in [2.75, 3.05) is 33.4 Å². The quantitative estimate of drug-likeness (QED) is 0.783. The van der Waals surface area contributed by atoms with Crippen LogP contribution < -0.4 is 5.32 Å². The van der Waals surface area contributed by atoms with E-state index in [-0.39, 0.29) is 23.9 Å². The Bertz CT molecular complexity index is 711. The molecule has 0 radical (unpaired) electrons. The predicted octanol–water partition coefficient (Wildman–Crippen LogP) is 1.06. The van der Waals surface area contributed by atoms with Crippen LogP contribution in [0.3, 0.4) is 0 Å². The third-order valence-electron chi connectivity index (χ3n) is 5.43. The monoisotopic (exact) mass is 389 g/mol. The Labute approximate surface area is 166 Å². The number of hydrogen-bond donors (Lipinski definition) is 1. The van der Waals surface area contributed by atoms with Crippen LogP contribution in [0.5, 0.6) is 0 Å². The number of aromatic nitrogens is 2. The smallest absolute Gasteiger partial charge is 0.234 e. The molecular weight excluding hydrogens is 358 g/mol. The van der Waals surface area contributed by atoms with Gasteiger partial charge >= 0.3 is 0 Å². The van der Waals surface area contributed by atoms with Gasteiger partial charge in [0.25, 0.3) is 0 Å². The number of methoxy groups -OCH3 is 1. The van der Waals surface area contributed by atoms with Gasteiger partial charge in [-0.2, -0.15) is 0 Å². The second-order valence-electron chi connectivity index (χ2n) is 7.81. The summed E-state index contributed by atoms with van der Waals surface area (Å²) in [5, 5.41) is 2.95. The van der Waals surface area contributed by atoms with Crippen molar-refractivity contribution in [1.29, 1.82) is 0 Å². The number of nitrogens with zero attached hydrogens (tertiary/aromatic N) is 4. The van der Waals surface area contributed by atoms with Crippen LogP contribution in [-0.4, -0.2) is 71.0 Å². The van der Waals surface area contributed by atoms with Crippen LogP contribution >= 0.6 is 0 Å². The number of likely N-dealkylation sites (tertiary alicyclic amines) is 1. The number of rotatable bonds is 6. The normalized spacial score (nSPS) is 21.1. The highest BCUT2D eigenvalue weighted by molar-refractivity contribution is 5.78. The van der Waals surface area contributed by atoms with E-state index < -0.39 is 0 Å². The third-order valence-corrected chi connectivity index (χ3v) is 5.43. The first-order valence-corrected chi connectivity index (χ1v) is 10.1. The average Bonchev–Trinajstić information content (AvgIpc) is 2.67. The SMILES string of the molecule is COCC(C)NC(=O)CN1CCc2nc(C3CCCCN3C(C)=O)ncc2C1. The lowest BCUT2D eigenvalue weighted by molar-refractivity contribution is -0.132. The van der Waals surface area contributed by atoms with Crippen LogP contribution in [-0.2, 0) is 27.3 Å². The zero-order valence-corrected chi connectivity index (χ0v) is 17.1. The summed E-state index contributed by atoms with van der Waals surface area (Å²) >= 11 is 0. The summed E-state index contributed by atoms with van der Waals surface area (Å²) in [5.74, 6) is 0.851. The predicted molar refractivity (Wildman–Crippen MR) is 104 cm³/mol. The minimum Gasteiger partial charge on any atom is -0.383 e. The molecule has 8 nitrogen and oxygen atoms in total. The van der Waals surface area contributed by atoms with E-state index >= 15 is 0 Å². The molecule has 0 saturated carbocycles. The van der Waals surface area contributed by atoms with Crippen molar-refractivity contribution in [3.05, 3.63) is 23.3 Å². The van der Waals surface area contributed by atoms with Crippen LogP contribution in [0.25, 0.3) is 0 Å². The van der Waals surface area contributed by atoms with Gasteiger partial charge in [-0.15, -0.1) is 0 Å². The van der Waals surface area contributed by atoms with Crippen LogP contribution in [0.2, 0.25) is 0 Å². The van der Waals surface area contributed by atoms with E-state index in [1.165, 1.54) is 0 Å². The van der Waals surface area contributed by atoms with Crippen LogP contribution in [0, 0.1) is 0 Å². The van der Waals surface area contributed by atoms with Gasteiger partial charge in [-0.1, -0.05) is 0 Å². The Kier molecular flexibility index (Phi) is 6.96. The highest BCUT2D eigenvalue weighted by atomic mass is 16.5. The number of carbonyl (C=O) groups excluding carboxylic acids is 2. The summed E-state index contributed by atoms with van der Waals surface area (Å²) < 4.78 is 5.06. The Morgan fingerprint density at radius 1 is 1.36 bits per heavy atom. The molecule has 2 aliphatic rings. The molecular formula is C20H31N5O3. The molecule has 1 aromatic heterocycles. The van der Waals surface area contributed by atoms with Gasteiger partial charge in [0, 0.05) is 63.6 Å². The molecule has 0 spiro atoms. The van der Waals surface area contributed by atoms with E-state index in [9.17, 15) is 9.59 Å². The van der Waals surface area contributed by atoms with Gasteiger partial charge in [0.2, 0.25) is 11.8 Å². The Hall–Kier alpha value is -2.06. The molecule has 1 saturated heterocycles. The van der Waals surface area contributed by atoms with E-state index in [2.05, 4.69) is 15.2 Å². The molecule has 3 heterocycles. The van der Waals surface area contributed by atoms with Gasteiger partial charge in [-0.05, 0) is 26.2 Å². The van der Waals surface area contributed by atoms with Gasteiger partial charge in [-0.25, -0.2) is 9.97 Å². The summed E-state index contributed by atoms with van der Waals surface area (Å²) in [6, 6.07) is -0.0113. The number of amides is 2. The molecule has 2 unspecified atom stereocenters. The number of ether oxygens (including phenoxy) is 1. The molecule has 0 aromatic carbocycles. The fourth-order valence-electron chi connectivity index (χ4n) is 4.08. The second kappa shape index (κ2) is 9.43. The number of fused-ring (bicyclic) bond motifs is 1. The molecule has 0 bridgehead atoms. The van der Waals surface area contributed by atoms with Gasteiger partial charge in [0.1, 0.15) is 0 Å². The van der Waals surface area contributed by atoms with Crippen LogP contribution in [0.1, 0.15) is 56.2 Å². The lowest BCUT2D eigenvalue weighted by atomic mass is 10.0. The van der Waals surface area contributed by atoms with E-state index in [0.29, 0.717) is 19.7 Å². The molecule has 154 valence electrons. The molecule has 8 heteroatoms. The fraction of sp³-hybridized carbons (Fsp3) is 0.700. The second-order valence-corrected chi connectivity index (χ2v) is 7.81. The van der Waals surface area contributed by atoms with Crippen molar-refractivity contribution in [1.82, 2.24) is 25.1 Å². The number of hydrogen-bond acceptors (Lipinski definition) is 6. The molecule has 2 amide bonds. The summed E-state index contributed by atoms with van der Waals surface area (Å²) in [6.45, 7) is 6.65. The van der Waals surface area contributed by atoms with E-state index in [0.717, 1.165) is 55.9 Å². The Balaban J connectivity index is 1.62. The summed E-state index contributed by atoms with van der Waals surface area (Å²) in [7, 11) is 1.63. The van der Waals surface area contributed by atoms with Crippen LogP contribution in [0.15, 0.2) is 6.20 Å². The topological polar surface area (TPSA) is 87.7 Å². The highest BCUT2D eigenvalue weighted by Gasteiger charge is 2.29. The molecule has 1 aromatic rings. The lowest BCUT2D eigenvalue weighted by Crippen LogP contribution is -2.44. The van der Waals surface area contributed by atoms with Gasteiger partial charge in [-0.3, -0.25) is 14.5 Å². The number of nitrogens with one attached hydrogen (secondary N) is 1. The first kappa shape index (κ1) is 20.7. The maximum Gasteiger partial charge on any atom is 0.234 e. The number of carbonyl (C=O) groups is 2. The zero-order valence-electron chi connectivity index (χ0n) is 17.1. The lowest BCUT2D eigenvalue weighted by Gasteiger charge is -2.35. The van der Waals surface area contributed by atoms with Gasteiger partial charge in [0.15, 0.2) is 5.82 Å². The van der Waals surface area contributed by atoms with E-state index in [4.69, 9.17) is 9.72 Å². The molecule has 2 aliphatic heterocycles. The molecule has 28 heavy (non-hydrogen) atoms. The zero-order chi connectivity index (χ0) is 20.1. The molecule has 0 aliphatic carbocycles. The maximum atomic E-state index is 12.2. The van der Waals surface area contributed by atoms with Crippen molar-refractivity contribution >= 4 is 11.8 Å². The summed E-state index contributed by atoms with van der Waals surface area (Å²) in [6.07, 6.45) is 5.73. The standard InChI is InChI=1S/C20H31N5O3/c1-14(13-28-3)22-19(27)12-24-9-7-17-16(11-24)10-21-20(23-17)18-6-4-5-8-25(18)15(2)26/h10,14,18H,4-9,11-13H2,1-3H3,(H,22,27). The van der Waals surface area contributed by atoms with E-state index in [1.54, 1.807) is 14.0 Å². The van der Waals surface area contributed by atoms with Crippen LogP contribution in [0.4, 0.5) is 0 Å².